The molecule has 0 bridgehead atoms. The fourth-order valence-corrected chi connectivity index (χ4v) is 4.94. The molecule has 32 heavy (non-hydrogen) atoms. The Hall–Kier alpha value is -2.48. The van der Waals surface area contributed by atoms with Crippen molar-refractivity contribution in [2.45, 2.75) is 92.9 Å². The van der Waals surface area contributed by atoms with Crippen molar-refractivity contribution in [3.63, 3.8) is 0 Å². The molecule has 1 heterocycles. The summed E-state index contributed by atoms with van der Waals surface area (Å²) in [5.41, 5.74) is 10.7. The average molecular weight is 431 g/mol. The van der Waals surface area contributed by atoms with Gasteiger partial charge in [0.25, 0.3) is 0 Å². The Kier molecular flexibility index (Phi) is 6.93. The van der Waals surface area contributed by atoms with Crippen molar-refractivity contribution in [1.29, 1.82) is 0 Å². The van der Waals surface area contributed by atoms with Crippen LogP contribution in [0.3, 0.4) is 0 Å². The van der Waals surface area contributed by atoms with E-state index in [1.165, 1.54) is 45.0 Å². The maximum Gasteiger partial charge on any atom is 0.114 e. The van der Waals surface area contributed by atoms with Gasteiger partial charge in [0.05, 0.1) is 11.4 Å². The number of anilines is 2. The van der Waals surface area contributed by atoms with Crippen LogP contribution in [0.4, 0.5) is 11.4 Å². The summed E-state index contributed by atoms with van der Waals surface area (Å²) < 4.78 is 0. The number of nitrogens with zero attached hydrogens (tertiary/aromatic N) is 2. The summed E-state index contributed by atoms with van der Waals surface area (Å²) in [6, 6.07) is 13.6. The highest BCUT2D eigenvalue weighted by Crippen LogP contribution is 2.48. The first-order valence-electron chi connectivity index (χ1n) is 12.2. The lowest BCUT2D eigenvalue weighted by atomic mass is 9.91. The van der Waals surface area contributed by atoms with E-state index < -0.39 is 0 Å². The highest BCUT2D eigenvalue weighted by Gasteiger charge is 2.35. The van der Waals surface area contributed by atoms with E-state index in [1.807, 2.05) is 0 Å². The van der Waals surface area contributed by atoms with Crippen molar-refractivity contribution in [1.82, 2.24) is 0 Å². The number of para-hydroxylation sites is 2. The topological polar surface area (TPSA) is 6.48 Å². The highest BCUT2D eigenvalue weighted by molar-refractivity contribution is 5.80. The molecule has 2 nitrogen and oxygen atoms in total. The summed E-state index contributed by atoms with van der Waals surface area (Å²) in [7, 11) is 0. The zero-order valence-corrected chi connectivity index (χ0v) is 21.9. The molecule has 0 N–H and O–H groups in total. The van der Waals surface area contributed by atoms with Gasteiger partial charge in [-0.05, 0) is 59.8 Å². The predicted molar refractivity (Wildman–Crippen MR) is 142 cm³/mol. The van der Waals surface area contributed by atoms with Crippen LogP contribution in [-0.2, 0) is 0 Å². The zero-order valence-electron chi connectivity index (χ0n) is 21.9. The van der Waals surface area contributed by atoms with Gasteiger partial charge in [0.15, 0.2) is 0 Å². The molecule has 0 aromatic heterocycles. The standard InChI is InChI=1S/C30H42N2/c1-18(2)25-14-12-15-26(19(3)4)29(25)31-22(9)23(10)32(24(31)11)30-27(20(5)6)16-13-17-28(30)21(7)8/h12-21H,11H2,1-10H3. The van der Waals surface area contributed by atoms with Crippen LogP contribution < -0.4 is 9.80 Å². The summed E-state index contributed by atoms with van der Waals surface area (Å²) in [6.07, 6.45) is 0. The molecule has 0 saturated carbocycles. The van der Waals surface area contributed by atoms with Gasteiger partial charge >= 0.3 is 0 Å². The predicted octanol–water partition coefficient (Wildman–Crippen LogP) is 9.23. The number of allylic oxidation sites excluding steroid dienone is 2. The molecule has 2 aromatic rings. The maximum atomic E-state index is 4.68. The second kappa shape index (κ2) is 9.17. The lowest BCUT2D eigenvalue weighted by molar-refractivity contribution is 0.817. The lowest BCUT2D eigenvalue weighted by Crippen LogP contribution is -2.27. The quantitative estimate of drug-likeness (QED) is 0.450. The van der Waals surface area contributed by atoms with Crippen molar-refractivity contribution >= 4 is 11.4 Å². The average Bonchev–Trinajstić information content (AvgIpc) is 2.94. The van der Waals surface area contributed by atoms with Crippen LogP contribution in [0.25, 0.3) is 0 Å². The van der Waals surface area contributed by atoms with Crippen LogP contribution in [0.15, 0.2) is 60.2 Å². The normalized spacial score (nSPS) is 14.9. The third kappa shape index (κ3) is 4.00. The van der Waals surface area contributed by atoms with Gasteiger partial charge in [-0.25, -0.2) is 0 Å². The van der Waals surface area contributed by atoms with Crippen LogP contribution in [0, 0.1) is 0 Å². The van der Waals surface area contributed by atoms with E-state index in [0.717, 1.165) is 5.82 Å². The first kappa shape index (κ1) is 24.2. The van der Waals surface area contributed by atoms with E-state index in [-0.39, 0.29) is 0 Å². The largest absolute Gasteiger partial charge is 0.298 e. The van der Waals surface area contributed by atoms with Crippen LogP contribution in [-0.4, -0.2) is 0 Å². The summed E-state index contributed by atoms with van der Waals surface area (Å²) in [4.78, 5) is 4.84. The Labute approximate surface area is 196 Å². The third-order valence-corrected chi connectivity index (χ3v) is 6.84. The number of benzene rings is 2. The molecule has 2 heteroatoms. The molecule has 0 spiro atoms. The molecule has 172 valence electrons. The summed E-state index contributed by atoms with van der Waals surface area (Å²) >= 11 is 0. The molecular weight excluding hydrogens is 388 g/mol. The minimum Gasteiger partial charge on any atom is -0.298 e. The molecule has 0 fully saturated rings. The van der Waals surface area contributed by atoms with E-state index >= 15 is 0 Å². The maximum absolute atomic E-state index is 4.68. The van der Waals surface area contributed by atoms with E-state index in [2.05, 4.69) is 122 Å². The summed E-state index contributed by atoms with van der Waals surface area (Å²) in [6.45, 7) is 27.5. The fraction of sp³-hybridized carbons (Fsp3) is 0.467. The van der Waals surface area contributed by atoms with Crippen molar-refractivity contribution in [2.75, 3.05) is 9.80 Å². The van der Waals surface area contributed by atoms with Crippen LogP contribution >= 0.6 is 0 Å². The Morgan fingerprint density at radius 2 is 0.781 bits per heavy atom. The Morgan fingerprint density at radius 3 is 1.00 bits per heavy atom. The Bertz CT molecular complexity index is 903. The zero-order chi connectivity index (χ0) is 23.9. The number of rotatable bonds is 6. The van der Waals surface area contributed by atoms with E-state index in [1.54, 1.807) is 0 Å². The van der Waals surface area contributed by atoms with E-state index in [0.29, 0.717) is 23.7 Å². The molecule has 0 amide bonds. The Balaban J connectivity index is 2.28. The van der Waals surface area contributed by atoms with Gasteiger partial charge in [-0.3, -0.25) is 9.80 Å². The van der Waals surface area contributed by atoms with Crippen LogP contribution in [0.2, 0.25) is 0 Å². The lowest BCUT2D eigenvalue weighted by Gasteiger charge is -2.34. The first-order chi connectivity index (χ1) is 15.0. The number of hydrogen-bond donors (Lipinski definition) is 0. The molecule has 0 saturated heterocycles. The van der Waals surface area contributed by atoms with E-state index in [4.69, 9.17) is 0 Å². The second-order valence-electron chi connectivity index (χ2n) is 10.4. The number of hydrogen-bond acceptors (Lipinski definition) is 2. The summed E-state index contributed by atoms with van der Waals surface area (Å²) in [5.74, 6) is 2.78. The first-order valence-corrected chi connectivity index (χ1v) is 12.2. The van der Waals surface area contributed by atoms with Gasteiger partial charge < -0.3 is 0 Å². The minimum absolute atomic E-state index is 0.438. The van der Waals surface area contributed by atoms with Gasteiger partial charge in [-0.1, -0.05) is 98.4 Å². The van der Waals surface area contributed by atoms with E-state index in [9.17, 15) is 0 Å². The smallest absolute Gasteiger partial charge is 0.114 e. The molecule has 1 aliphatic rings. The highest BCUT2D eigenvalue weighted by atomic mass is 15.4. The minimum atomic E-state index is 0.438. The van der Waals surface area contributed by atoms with Gasteiger partial charge in [-0.15, -0.1) is 0 Å². The van der Waals surface area contributed by atoms with Crippen molar-refractivity contribution in [3.05, 3.63) is 82.4 Å². The summed E-state index contributed by atoms with van der Waals surface area (Å²) in [5, 5.41) is 0. The van der Waals surface area contributed by atoms with Gasteiger partial charge in [-0.2, -0.15) is 0 Å². The fourth-order valence-electron chi connectivity index (χ4n) is 4.94. The molecule has 3 rings (SSSR count). The van der Waals surface area contributed by atoms with Gasteiger partial charge in [0, 0.05) is 11.4 Å². The monoisotopic (exact) mass is 430 g/mol. The molecule has 0 aliphatic carbocycles. The van der Waals surface area contributed by atoms with Crippen LogP contribution in [0.1, 0.15) is 115 Å². The molecule has 0 unspecified atom stereocenters. The second-order valence-corrected chi connectivity index (χ2v) is 10.4. The molecule has 2 aromatic carbocycles. The molecule has 0 atom stereocenters. The van der Waals surface area contributed by atoms with Gasteiger partial charge in [0.1, 0.15) is 5.82 Å². The SMILES string of the molecule is C=C1N(c2c(C(C)C)cccc2C(C)C)C(C)=C(C)N1c1c(C(C)C)cccc1C(C)C. The molecule has 1 aliphatic heterocycles. The van der Waals surface area contributed by atoms with Crippen molar-refractivity contribution in [3.8, 4) is 0 Å². The van der Waals surface area contributed by atoms with Crippen molar-refractivity contribution < 1.29 is 0 Å². The van der Waals surface area contributed by atoms with Gasteiger partial charge in [0.2, 0.25) is 0 Å². The van der Waals surface area contributed by atoms with Crippen LogP contribution in [0.5, 0.6) is 0 Å². The third-order valence-electron chi connectivity index (χ3n) is 6.84. The molecule has 0 radical (unpaired) electrons. The van der Waals surface area contributed by atoms with Crippen molar-refractivity contribution in [2.24, 2.45) is 0 Å². The molecular formula is C30H42N2. The Morgan fingerprint density at radius 1 is 0.531 bits per heavy atom.